The van der Waals surface area contributed by atoms with Crippen LogP contribution in [0.3, 0.4) is 0 Å². The van der Waals surface area contributed by atoms with Crippen LogP contribution in [0.4, 0.5) is 0 Å². The zero-order valence-corrected chi connectivity index (χ0v) is 13.1. The fourth-order valence-corrected chi connectivity index (χ4v) is 3.13. The van der Waals surface area contributed by atoms with Crippen LogP contribution >= 0.6 is 31.9 Å². The summed E-state index contributed by atoms with van der Waals surface area (Å²) in [5.41, 5.74) is 3.12. The first kappa shape index (κ1) is 12.8. The standard InChI is InChI=1S/C14H11Br2N3/c15-13(10-6-2-1-3-7-10)14(16)19-12-9-5-4-8-11(12)17-18-19/h1-9,13-14H. The molecule has 3 nitrogen and oxygen atoms in total. The summed E-state index contributed by atoms with van der Waals surface area (Å²) in [6.07, 6.45) is 0. The average molecular weight is 381 g/mol. The van der Waals surface area contributed by atoms with Crippen LogP contribution in [0.1, 0.15) is 15.3 Å². The molecule has 0 aliphatic heterocycles. The lowest BCUT2D eigenvalue weighted by molar-refractivity contribution is 0.597. The molecule has 0 aliphatic carbocycles. The number of nitrogens with zero attached hydrogens (tertiary/aromatic N) is 3. The van der Waals surface area contributed by atoms with Crippen molar-refractivity contribution in [3.05, 3.63) is 60.2 Å². The maximum atomic E-state index is 4.23. The molecule has 0 saturated heterocycles. The van der Waals surface area contributed by atoms with Gasteiger partial charge in [-0.1, -0.05) is 79.5 Å². The van der Waals surface area contributed by atoms with Crippen molar-refractivity contribution in [1.82, 2.24) is 15.0 Å². The lowest BCUT2D eigenvalue weighted by Gasteiger charge is -2.17. The summed E-state index contributed by atoms with van der Waals surface area (Å²) in [6, 6.07) is 18.2. The molecule has 0 amide bonds. The number of benzene rings is 2. The molecule has 1 aromatic heterocycles. The molecule has 3 rings (SSSR count). The van der Waals surface area contributed by atoms with Crippen molar-refractivity contribution in [2.24, 2.45) is 0 Å². The maximum absolute atomic E-state index is 4.23. The number of aromatic nitrogens is 3. The first-order chi connectivity index (χ1) is 9.27. The molecule has 0 aliphatic rings. The Morgan fingerprint density at radius 2 is 1.58 bits per heavy atom. The number of alkyl halides is 2. The van der Waals surface area contributed by atoms with Gasteiger partial charge in [-0.05, 0) is 17.7 Å². The van der Waals surface area contributed by atoms with Crippen LogP contribution in [0.15, 0.2) is 54.6 Å². The van der Waals surface area contributed by atoms with Crippen LogP contribution in [0.5, 0.6) is 0 Å². The van der Waals surface area contributed by atoms with E-state index in [0.717, 1.165) is 11.0 Å². The Labute approximate surface area is 127 Å². The molecular weight excluding hydrogens is 370 g/mol. The highest BCUT2D eigenvalue weighted by Gasteiger charge is 2.22. The normalized spacial score (nSPS) is 14.4. The van der Waals surface area contributed by atoms with Gasteiger partial charge in [-0.15, -0.1) is 5.10 Å². The van der Waals surface area contributed by atoms with E-state index in [4.69, 9.17) is 0 Å². The molecule has 5 heteroatoms. The summed E-state index contributed by atoms with van der Waals surface area (Å²) < 4.78 is 1.89. The highest BCUT2D eigenvalue weighted by molar-refractivity contribution is 9.11. The fourth-order valence-electron chi connectivity index (χ4n) is 1.99. The van der Waals surface area contributed by atoms with Crippen molar-refractivity contribution in [1.29, 1.82) is 0 Å². The highest BCUT2D eigenvalue weighted by atomic mass is 79.9. The number of hydrogen-bond acceptors (Lipinski definition) is 2. The van der Waals surface area contributed by atoms with Crippen molar-refractivity contribution < 1.29 is 0 Å². The Morgan fingerprint density at radius 1 is 0.895 bits per heavy atom. The first-order valence-corrected chi connectivity index (χ1v) is 7.73. The van der Waals surface area contributed by atoms with Crippen molar-refractivity contribution in [3.63, 3.8) is 0 Å². The number of para-hydroxylation sites is 1. The van der Waals surface area contributed by atoms with E-state index < -0.39 is 0 Å². The van der Waals surface area contributed by atoms with E-state index in [1.54, 1.807) is 0 Å². The van der Waals surface area contributed by atoms with Gasteiger partial charge in [0.25, 0.3) is 0 Å². The minimum Gasteiger partial charge on any atom is -0.229 e. The minimum absolute atomic E-state index is 0.00213. The van der Waals surface area contributed by atoms with E-state index in [2.05, 4.69) is 54.3 Å². The van der Waals surface area contributed by atoms with Gasteiger partial charge in [0.2, 0.25) is 0 Å². The summed E-state index contributed by atoms with van der Waals surface area (Å²) in [4.78, 5) is 0.126. The van der Waals surface area contributed by atoms with Crippen molar-refractivity contribution in [2.75, 3.05) is 0 Å². The van der Waals surface area contributed by atoms with Gasteiger partial charge >= 0.3 is 0 Å². The predicted molar refractivity (Wildman–Crippen MR) is 83.6 cm³/mol. The van der Waals surface area contributed by atoms with E-state index in [-0.39, 0.29) is 9.78 Å². The van der Waals surface area contributed by atoms with Crippen LogP contribution in [0.2, 0.25) is 0 Å². The van der Waals surface area contributed by atoms with Crippen LogP contribution in [0, 0.1) is 0 Å². The van der Waals surface area contributed by atoms with Gasteiger partial charge in [0.05, 0.1) is 10.3 Å². The Balaban J connectivity index is 1.98. The van der Waals surface area contributed by atoms with Gasteiger partial charge in [0.15, 0.2) is 0 Å². The van der Waals surface area contributed by atoms with Crippen molar-refractivity contribution in [3.8, 4) is 0 Å². The number of fused-ring (bicyclic) bond motifs is 1. The number of rotatable bonds is 3. The third-order valence-electron chi connectivity index (χ3n) is 2.97. The Kier molecular flexibility index (Phi) is 3.66. The molecule has 0 N–H and O–H groups in total. The second-order valence-electron chi connectivity index (χ2n) is 4.21. The molecule has 2 atom stereocenters. The highest BCUT2D eigenvalue weighted by Crippen LogP contribution is 2.39. The van der Waals surface area contributed by atoms with Gasteiger partial charge < -0.3 is 0 Å². The maximum Gasteiger partial charge on any atom is 0.125 e. The molecule has 0 fully saturated rings. The smallest absolute Gasteiger partial charge is 0.125 e. The molecule has 0 bridgehead atoms. The molecule has 2 aromatic carbocycles. The molecule has 0 spiro atoms. The third-order valence-corrected chi connectivity index (χ3v) is 5.63. The topological polar surface area (TPSA) is 30.7 Å². The van der Waals surface area contributed by atoms with Gasteiger partial charge in [-0.3, -0.25) is 0 Å². The van der Waals surface area contributed by atoms with E-state index >= 15 is 0 Å². The molecule has 0 radical (unpaired) electrons. The molecule has 0 saturated carbocycles. The molecule has 3 aromatic rings. The molecule has 96 valence electrons. The molecule has 1 heterocycles. The quantitative estimate of drug-likeness (QED) is 0.628. The van der Waals surface area contributed by atoms with Gasteiger partial charge in [0.1, 0.15) is 10.5 Å². The Hall–Kier alpha value is -1.20. The van der Waals surface area contributed by atoms with Crippen LogP contribution < -0.4 is 0 Å². The van der Waals surface area contributed by atoms with Gasteiger partial charge in [0, 0.05) is 0 Å². The van der Waals surface area contributed by atoms with E-state index in [0.29, 0.717) is 0 Å². The van der Waals surface area contributed by atoms with Crippen LogP contribution in [-0.2, 0) is 0 Å². The van der Waals surface area contributed by atoms with Crippen LogP contribution in [-0.4, -0.2) is 15.0 Å². The van der Waals surface area contributed by atoms with E-state index in [1.807, 2.05) is 47.1 Å². The fraction of sp³-hybridized carbons (Fsp3) is 0.143. The van der Waals surface area contributed by atoms with E-state index in [1.165, 1.54) is 5.56 Å². The largest absolute Gasteiger partial charge is 0.229 e. The zero-order chi connectivity index (χ0) is 13.2. The van der Waals surface area contributed by atoms with Gasteiger partial charge in [-0.2, -0.15) is 0 Å². The van der Waals surface area contributed by atoms with E-state index in [9.17, 15) is 0 Å². The summed E-state index contributed by atoms with van der Waals surface area (Å²) in [5.74, 6) is 0. The summed E-state index contributed by atoms with van der Waals surface area (Å²) in [5, 5.41) is 8.41. The second-order valence-corrected chi connectivity index (χ2v) is 6.13. The first-order valence-electron chi connectivity index (χ1n) is 5.90. The lowest BCUT2D eigenvalue weighted by atomic mass is 10.1. The second kappa shape index (κ2) is 5.43. The predicted octanol–water partition coefficient (Wildman–Crippen LogP) is 4.46. The molecular formula is C14H11Br2N3. The van der Waals surface area contributed by atoms with Crippen LogP contribution in [0.25, 0.3) is 11.0 Å². The molecule has 2 unspecified atom stereocenters. The lowest BCUT2D eigenvalue weighted by Crippen LogP contribution is -2.09. The van der Waals surface area contributed by atoms with Crippen molar-refractivity contribution >= 4 is 42.9 Å². The Bertz CT molecular complexity index is 681. The Morgan fingerprint density at radius 3 is 2.37 bits per heavy atom. The average Bonchev–Trinajstić information content (AvgIpc) is 2.90. The number of hydrogen-bond donors (Lipinski definition) is 0. The monoisotopic (exact) mass is 379 g/mol. The number of halogens is 2. The third kappa shape index (κ3) is 2.44. The summed E-state index contributed by atoms with van der Waals surface area (Å²) in [6.45, 7) is 0. The summed E-state index contributed by atoms with van der Waals surface area (Å²) in [7, 11) is 0. The SMILES string of the molecule is BrC(c1ccccc1)C(Br)n1nnc2ccccc21. The van der Waals surface area contributed by atoms with Crippen molar-refractivity contribution in [2.45, 2.75) is 9.78 Å². The van der Waals surface area contributed by atoms with Gasteiger partial charge in [-0.25, -0.2) is 4.68 Å². The zero-order valence-electron chi connectivity index (χ0n) is 9.95. The summed E-state index contributed by atoms with van der Waals surface area (Å²) >= 11 is 7.43. The molecule has 19 heavy (non-hydrogen) atoms. The minimum atomic E-state index is 0.00213.